The lowest BCUT2D eigenvalue weighted by Gasteiger charge is -2.71. The molecule has 8 N–H and O–H groups in total. The molecule has 0 amide bonds. The predicted molar refractivity (Wildman–Crippen MR) is 190 cm³/mol. The summed E-state index contributed by atoms with van der Waals surface area (Å²) in [5.41, 5.74) is 5.99. The second kappa shape index (κ2) is 23.5. The maximum Gasteiger partial charge on any atom is 0.300 e. The van der Waals surface area contributed by atoms with E-state index in [1.54, 1.807) is 0 Å². The molecule has 47 heavy (non-hydrogen) atoms. The quantitative estimate of drug-likeness (QED) is 0.173. The van der Waals surface area contributed by atoms with E-state index in [0.29, 0.717) is 6.54 Å². The van der Waals surface area contributed by atoms with Crippen LogP contribution in [0.5, 0.6) is 0 Å². The van der Waals surface area contributed by atoms with E-state index in [1.165, 1.54) is 0 Å². The van der Waals surface area contributed by atoms with Crippen molar-refractivity contribution in [2.75, 3.05) is 13.1 Å². The molecule has 0 saturated carbocycles. The molecule has 1 atom stereocenters. The van der Waals surface area contributed by atoms with Crippen LogP contribution in [0.15, 0.2) is 0 Å². The number of carbonyl (C=O) groups is 5. The summed E-state index contributed by atoms with van der Waals surface area (Å²) in [4.78, 5) is 47.8. The van der Waals surface area contributed by atoms with Crippen molar-refractivity contribution in [2.45, 2.75) is 161 Å². The van der Waals surface area contributed by atoms with Gasteiger partial charge in [0.05, 0.1) is 0 Å². The highest BCUT2D eigenvalue weighted by Gasteiger charge is 2.65. The highest BCUT2D eigenvalue weighted by molar-refractivity contribution is 5.63. The number of aliphatic carboxylic acids is 5. The van der Waals surface area contributed by atoms with Crippen LogP contribution in [-0.4, -0.2) is 96.0 Å². The van der Waals surface area contributed by atoms with E-state index in [1.807, 2.05) is 0 Å². The highest BCUT2D eigenvalue weighted by atomic mass is 16.4. The molecule has 0 rings (SSSR count). The van der Waals surface area contributed by atoms with Gasteiger partial charge in [0.25, 0.3) is 29.8 Å². The fourth-order valence-electron chi connectivity index (χ4n) is 6.16. The van der Waals surface area contributed by atoms with Gasteiger partial charge in [-0.3, -0.25) is 28.9 Å². The van der Waals surface area contributed by atoms with Gasteiger partial charge >= 0.3 is 0 Å². The molecule has 0 aromatic carbocycles. The number of nitrogens with one attached hydrogen (secondary N) is 1. The summed E-state index contributed by atoms with van der Waals surface area (Å²) in [5.74, 6) is -4.17. The summed E-state index contributed by atoms with van der Waals surface area (Å²) in [6.45, 7) is 42.8. The maximum atomic E-state index is 9.00. The Hall–Kier alpha value is -2.77. The minimum atomic E-state index is -0.833. The average Bonchev–Trinajstić information content (AvgIpc) is 2.66. The van der Waals surface area contributed by atoms with E-state index in [9.17, 15) is 0 Å². The number of rotatable bonds is 5. The number of carboxylic acids is 5. The van der Waals surface area contributed by atoms with Crippen LogP contribution in [0.2, 0.25) is 0 Å². The van der Waals surface area contributed by atoms with Crippen LogP contribution < -0.4 is 11.1 Å². The third-order valence-corrected chi connectivity index (χ3v) is 5.76. The Balaban J connectivity index is -0.000000169. The van der Waals surface area contributed by atoms with Gasteiger partial charge in [0.15, 0.2) is 0 Å². The second-order valence-corrected chi connectivity index (χ2v) is 16.1. The van der Waals surface area contributed by atoms with Crippen LogP contribution in [0, 0.1) is 16.2 Å². The molecule has 0 aliphatic heterocycles. The van der Waals surface area contributed by atoms with Gasteiger partial charge in [-0.15, -0.1) is 0 Å². The highest BCUT2D eigenvalue weighted by Crippen LogP contribution is 2.57. The summed E-state index contributed by atoms with van der Waals surface area (Å²) in [6, 6.07) is 0.270. The van der Waals surface area contributed by atoms with Crippen molar-refractivity contribution in [3.63, 3.8) is 0 Å². The largest absolute Gasteiger partial charge is 0.481 e. The normalized spacial score (nSPS) is 12.3. The van der Waals surface area contributed by atoms with Gasteiger partial charge in [0.1, 0.15) is 0 Å². The molecule has 0 aromatic heterocycles. The Bertz CT molecular complexity index is 797. The van der Waals surface area contributed by atoms with Crippen LogP contribution in [0.1, 0.15) is 138 Å². The Morgan fingerprint density at radius 1 is 0.532 bits per heavy atom. The van der Waals surface area contributed by atoms with Crippen molar-refractivity contribution in [3.05, 3.63) is 0 Å². The Labute approximate surface area is 285 Å². The topological polar surface area (TPSA) is 228 Å². The molecule has 0 fully saturated rings. The number of carboxylic acid groups (broad SMARTS) is 5. The summed E-state index contributed by atoms with van der Waals surface area (Å²) in [7, 11) is 0. The first-order chi connectivity index (χ1) is 20.2. The van der Waals surface area contributed by atoms with Gasteiger partial charge in [-0.25, -0.2) is 0 Å². The third-order valence-electron chi connectivity index (χ3n) is 5.76. The van der Waals surface area contributed by atoms with E-state index < -0.39 is 29.8 Å². The van der Waals surface area contributed by atoms with Gasteiger partial charge < -0.3 is 36.6 Å². The number of nitrogens with two attached hydrogens (primary N) is 1. The van der Waals surface area contributed by atoms with E-state index in [4.69, 9.17) is 55.2 Å². The zero-order valence-corrected chi connectivity index (χ0v) is 33.3. The molecule has 0 aromatic rings. The predicted octanol–water partition coefficient (Wildman–Crippen LogP) is 6.13. The smallest absolute Gasteiger partial charge is 0.300 e. The first-order valence-electron chi connectivity index (χ1n) is 15.4. The molecule has 0 saturated heterocycles. The molecular weight excluding hydrogens is 610 g/mol. The fraction of sp³-hybridized carbons (Fsp3) is 0.853. The molecule has 13 nitrogen and oxygen atoms in total. The van der Waals surface area contributed by atoms with Crippen LogP contribution in [0.4, 0.5) is 0 Å². The molecular formula is C34H73N3O10. The van der Waals surface area contributed by atoms with Crippen molar-refractivity contribution < 1.29 is 49.5 Å². The Kier molecular flexibility index (Phi) is 28.3. The summed E-state index contributed by atoms with van der Waals surface area (Å²) < 4.78 is 0. The van der Waals surface area contributed by atoms with Crippen LogP contribution in [-0.2, 0) is 24.0 Å². The molecule has 284 valence electrons. The van der Waals surface area contributed by atoms with Crippen LogP contribution in [0.3, 0.4) is 0 Å². The molecule has 1 unspecified atom stereocenters. The van der Waals surface area contributed by atoms with Gasteiger partial charge in [-0.2, -0.15) is 0 Å². The van der Waals surface area contributed by atoms with E-state index in [-0.39, 0.29) is 38.9 Å². The van der Waals surface area contributed by atoms with Crippen LogP contribution >= 0.6 is 0 Å². The zero-order chi connectivity index (χ0) is 40.2. The zero-order valence-electron chi connectivity index (χ0n) is 33.3. The van der Waals surface area contributed by atoms with Gasteiger partial charge in [-0.1, -0.05) is 62.3 Å². The van der Waals surface area contributed by atoms with Crippen molar-refractivity contribution in [3.8, 4) is 0 Å². The van der Waals surface area contributed by atoms with Crippen molar-refractivity contribution in [1.82, 2.24) is 10.2 Å². The summed E-state index contributed by atoms with van der Waals surface area (Å²) >= 11 is 0. The van der Waals surface area contributed by atoms with E-state index in [2.05, 4.69) is 114 Å². The molecule has 13 heteroatoms. The lowest BCUT2D eigenvalue weighted by atomic mass is 9.50. The first-order valence-corrected chi connectivity index (χ1v) is 15.4. The second-order valence-electron chi connectivity index (χ2n) is 16.1. The lowest BCUT2D eigenvalue weighted by molar-refractivity contribution is -0.200. The number of nitrogens with zero attached hydrogens (tertiary/aromatic N) is 1. The molecule has 0 spiro atoms. The Morgan fingerprint density at radius 2 is 0.723 bits per heavy atom. The van der Waals surface area contributed by atoms with Gasteiger partial charge in [-0.05, 0) is 57.8 Å². The van der Waals surface area contributed by atoms with E-state index >= 15 is 0 Å². The molecule has 0 aliphatic carbocycles. The van der Waals surface area contributed by atoms with Crippen LogP contribution in [0.25, 0.3) is 0 Å². The van der Waals surface area contributed by atoms with Gasteiger partial charge in [0.2, 0.25) is 0 Å². The number of hydrogen-bond donors (Lipinski definition) is 7. The standard InChI is InChI=1S/C24H53N3.5C2H4O2/c1-19(2,3)18(26-17-16-25)24(20(4,5)6,21(7,8)9)27(22(10,11)12)23(13,14)15;5*1-2(3)4/h18,26H,16-17,25H2,1-15H3;5*1H3,(H,3,4). The van der Waals surface area contributed by atoms with Crippen molar-refractivity contribution in [2.24, 2.45) is 22.0 Å². The number of hydrogen-bond acceptors (Lipinski definition) is 8. The van der Waals surface area contributed by atoms with Crippen molar-refractivity contribution >= 4 is 29.8 Å². The van der Waals surface area contributed by atoms with Gasteiger partial charge in [0, 0.05) is 70.4 Å². The van der Waals surface area contributed by atoms with E-state index in [0.717, 1.165) is 41.2 Å². The lowest BCUT2D eigenvalue weighted by Crippen LogP contribution is -2.81. The maximum absolute atomic E-state index is 9.00. The molecule has 0 heterocycles. The minimum Gasteiger partial charge on any atom is -0.481 e. The molecule has 0 bridgehead atoms. The summed E-state index contributed by atoms with van der Waals surface area (Å²) in [5, 5.41) is 41.0. The molecule has 0 aliphatic rings. The third kappa shape index (κ3) is 30.3. The monoisotopic (exact) mass is 684 g/mol. The summed E-state index contributed by atoms with van der Waals surface area (Å²) in [6.07, 6.45) is 0. The first kappa shape index (κ1) is 56.6. The minimum absolute atomic E-state index is 0.00665. The van der Waals surface area contributed by atoms with Crippen molar-refractivity contribution in [1.29, 1.82) is 0 Å². The average molecular weight is 684 g/mol. The fourth-order valence-corrected chi connectivity index (χ4v) is 6.16. The SMILES string of the molecule is CC(=O)O.CC(=O)O.CC(=O)O.CC(=O)O.CC(=O)O.CC(C)(C)C(NCCN)C(N(C(C)(C)C)C(C)(C)C)(C(C)(C)C)C(C)(C)C. The Morgan fingerprint density at radius 3 is 0.830 bits per heavy atom. The molecule has 0 radical (unpaired) electrons.